The molecule has 0 saturated carbocycles. The topological polar surface area (TPSA) is 63.4 Å². The molecule has 1 heterocycles. The lowest BCUT2D eigenvalue weighted by Crippen LogP contribution is -2.28. The van der Waals surface area contributed by atoms with E-state index in [1.807, 2.05) is 24.3 Å². The first-order valence-electron chi connectivity index (χ1n) is 5.82. The molecule has 0 atom stereocenters. The lowest BCUT2D eigenvalue weighted by atomic mass is 10.1. The number of hydrogen-bond donors (Lipinski definition) is 1. The summed E-state index contributed by atoms with van der Waals surface area (Å²) in [5, 5.41) is 0. The van der Waals surface area contributed by atoms with Gasteiger partial charge in [-0.05, 0) is 17.7 Å². The Hall–Kier alpha value is -2.12. The molecule has 18 heavy (non-hydrogen) atoms. The quantitative estimate of drug-likeness (QED) is 0.611. The van der Waals surface area contributed by atoms with Gasteiger partial charge in [0.2, 0.25) is 11.8 Å². The van der Waals surface area contributed by atoms with Gasteiger partial charge in [-0.3, -0.25) is 14.5 Å². The second kappa shape index (κ2) is 5.48. The zero-order chi connectivity index (χ0) is 13.0. The molecule has 0 aromatic heterocycles. The summed E-state index contributed by atoms with van der Waals surface area (Å²) in [4.78, 5) is 24.2. The van der Waals surface area contributed by atoms with E-state index in [0.717, 1.165) is 11.1 Å². The van der Waals surface area contributed by atoms with Crippen molar-refractivity contribution >= 4 is 11.8 Å². The highest BCUT2D eigenvalue weighted by Crippen LogP contribution is 2.15. The SMILES string of the molecule is NCC#Cc1ccc(CN2C(=O)CCC2=O)cc1. The van der Waals surface area contributed by atoms with Gasteiger partial charge in [-0.25, -0.2) is 0 Å². The summed E-state index contributed by atoms with van der Waals surface area (Å²) in [6.07, 6.45) is 0.664. The van der Waals surface area contributed by atoms with Gasteiger partial charge in [0.05, 0.1) is 13.1 Å². The van der Waals surface area contributed by atoms with Crippen LogP contribution in [0, 0.1) is 11.8 Å². The molecule has 1 fully saturated rings. The summed E-state index contributed by atoms with van der Waals surface area (Å²) in [6.45, 7) is 0.681. The molecule has 0 radical (unpaired) electrons. The van der Waals surface area contributed by atoms with Crippen LogP contribution in [-0.4, -0.2) is 23.3 Å². The van der Waals surface area contributed by atoms with Crippen LogP contribution in [-0.2, 0) is 16.1 Å². The second-order valence-corrected chi connectivity index (χ2v) is 4.08. The van der Waals surface area contributed by atoms with Gasteiger partial charge in [-0.15, -0.1) is 0 Å². The maximum Gasteiger partial charge on any atom is 0.229 e. The summed E-state index contributed by atoms with van der Waals surface area (Å²) in [5.41, 5.74) is 7.10. The third-order valence-electron chi connectivity index (χ3n) is 2.78. The standard InChI is InChI=1S/C14H14N2O2/c15-9-1-2-11-3-5-12(6-4-11)10-16-13(17)7-8-14(16)18/h3-6H,7-10,15H2. The van der Waals surface area contributed by atoms with Crippen LogP contribution < -0.4 is 5.73 Å². The number of imide groups is 1. The molecule has 4 nitrogen and oxygen atoms in total. The first-order chi connectivity index (χ1) is 8.70. The molecule has 0 unspecified atom stereocenters. The summed E-state index contributed by atoms with van der Waals surface area (Å²) < 4.78 is 0. The minimum Gasteiger partial charge on any atom is -0.320 e. The Morgan fingerprint density at radius 2 is 1.72 bits per heavy atom. The normalized spacial score (nSPS) is 14.6. The van der Waals surface area contributed by atoms with Crippen molar-refractivity contribution in [2.45, 2.75) is 19.4 Å². The van der Waals surface area contributed by atoms with Gasteiger partial charge < -0.3 is 5.73 Å². The number of rotatable bonds is 2. The Morgan fingerprint density at radius 3 is 2.28 bits per heavy atom. The third-order valence-corrected chi connectivity index (χ3v) is 2.78. The highest BCUT2D eigenvalue weighted by Gasteiger charge is 2.28. The first kappa shape index (κ1) is 12.3. The fraction of sp³-hybridized carbons (Fsp3) is 0.286. The average molecular weight is 242 g/mol. The molecule has 2 N–H and O–H groups in total. The number of carbonyl (C=O) groups is 2. The second-order valence-electron chi connectivity index (χ2n) is 4.08. The Kier molecular flexibility index (Phi) is 3.75. The van der Waals surface area contributed by atoms with E-state index in [-0.39, 0.29) is 11.8 Å². The van der Waals surface area contributed by atoms with Gasteiger partial charge in [0.25, 0.3) is 0 Å². The zero-order valence-electron chi connectivity index (χ0n) is 9.98. The number of benzene rings is 1. The maximum atomic E-state index is 11.5. The van der Waals surface area contributed by atoms with Gasteiger partial charge in [0.15, 0.2) is 0 Å². The van der Waals surface area contributed by atoms with Crippen molar-refractivity contribution in [1.82, 2.24) is 4.90 Å². The fourth-order valence-corrected chi connectivity index (χ4v) is 1.83. The van der Waals surface area contributed by atoms with E-state index < -0.39 is 0 Å². The van der Waals surface area contributed by atoms with E-state index in [9.17, 15) is 9.59 Å². The molecule has 1 aliphatic heterocycles. The minimum absolute atomic E-state index is 0.0907. The van der Waals surface area contributed by atoms with Gasteiger partial charge in [-0.1, -0.05) is 24.0 Å². The van der Waals surface area contributed by atoms with E-state index in [1.54, 1.807) is 0 Å². The number of amides is 2. The molecule has 2 amide bonds. The molecule has 92 valence electrons. The molecule has 1 aromatic carbocycles. The monoisotopic (exact) mass is 242 g/mol. The van der Waals surface area contributed by atoms with Crippen LogP contribution in [0.2, 0.25) is 0 Å². The van der Waals surface area contributed by atoms with Gasteiger partial charge in [0, 0.05) is 18.4 Å². The Balaban J connectivity index is 2.06. The van der Waals surface area contributed by atoms with Gasteiger partial charge >= 0.3 is 0 Å². The number of nitrogens with two attached hydrogens (primary N) is 1. The molecule has 4 heteroatoms. The highest BCUT2D eigenvalue weighted by atomic mass is 16.2. The van der Waals surface area contributed by atoms with E-state index in [0.29, 0.717) is 25.9 Å². The highest BCUT2D eigenvalue weighted by molar-refractivity contribution is 6.01. The largest absolute Gasteiger partial charge is 0.320 e. The van der Waals surface area contributed by atoms with Crippen LogP contribution in [0.25, 0.3) is 0 Å². The lowest BCUT2D eigenvalue weighted by Gasteiger charge is -2.13. The number of carbonyl (C=O) groups excluding carboxylic acids is 2. The summed E-state index contributed by atoms with van der Waals surface area (Å²) in [7, 11) is 0. The van der Waals surface area contributed by atoms with E-state index >= 15 is 0 Å². The van der Waals surface area contributed by atoms with Gasteiger partial charge in [0.1, 0.15) is 0 Å². The number of hydrogen-bond acceptors (Lipinski definition) is 3. The van der Waals surface area contributed by atoms with Crippen LogP contribution in [0.15, 0.2) is 24.3 Å². The summed E-state index contributed by atoms with van der Waals surface area (Å²) in [5.74, 6) is 5.51. The van der Waals surface area contributed by atoms with Crippen LogP contribution in [0.3, 0.4) is 0 Å². The molecular formula is C14H14N2O2. The number of nitrogens with zero attached hydrogens (tertiary/aromatic N) is 1. The van der Waals surface area contributed by atoms with Crippen LogP contribution >= 0.6 is 0 Å². The van der Waals surface area contributed by atoms with Crippen LogP contribution in [0.5, 0.6) is 0 Å². The van der Waals surface area contributed by atoms with E-state index in [1.165, 1.54) is 4.90 Å². The predicted octanol–water partition coefficient (Wildman–Crippen LogP) is 0.646. The Morgan fingerprint density at radius 1 is 1.11 bits per heavy atom. The van der Waals surface area contributed by atoms with Crippen LogP contribution in [0.4, 0.5) is 0 Å². The van der Waals surface area contributed by atoms with Crippen molar-refractivity contribution in [3.05, 3.63) is 35.4 Å². The lowest BCUT2D eigenvalue weighted by molar-refractivity contribution is -0.139. The molecule has 0 bridgehead atoms. The summed E-state index contributed by atoms with van der Waals surface area (Å²) >= 11 is 0. The molecule has 0 aliphatic carbocycles. The third kappa shape index (κ3) is 2.76. The Bertz CT molecular complexity index is 507. The maximum absolute atomic E-state index is 11.5. The van der Waals surface area contributed by atoms with Crippen molar-refractivity contribution in [1.29, 1.82) is 0 Å². The van der Waals surface area contributed by atoms with Crippen molar-refractivity contribution in [2.75, 3.05) is 6.54 Å². The van der Waals surface area contributed by atoms with Crippen molar-refractivity contribution in [3.8, 4) is 11.8 Å². The molecule has 0 spiro atoms. The molecule has 1 aliphatic rings. The first-order valence-corrected chi connectivity index (χ1v) is 5.82. The van der Waals surface area contributed by atoms with E-state index in [2.05, 4.69) is 11.8 Å². The van der Waals surface area contributed by atoms with Crippen molar-refractivity contribution in [3.63, 3.8) is 0 Å². The zero-order valence-corrected chi connectivity index (χ0v) is 9.98. The number of likely N-dealkylation sites (tertiary alicyclic amines) is 1. The van der Waals surface area contributed by atoms with Gasteiger partial charge in [-0.2, -0.15) is 0 Å². The summed E-state index contributed by atoms with van der Waals surface area (Å²) in [6, 6.07) is 7.48. The molecule has 2 rings (SSSR count). The Labute approximate surface area is 106 Å². The van der Waals surface area contributed by atoms with Crippen molar-refractivity contribution in [2.24, 2.45) is 5.73 Å². The fourth-order valence-electron chi connectivity index (χ4n) is 1.83. The molecule has 1 saturated heterocycles. The van der Waals surface area contributed by atoms with Crippen LogP contribution in [0.1, 0.15) is 24.0 Å². The predicted molar refractivity (Wildman–Crippen MR) is 67.2 cm³/mol. The van der Waals surface area contributed by atoms with Crippen molar-refractivity contribution < 1.29 is 9.59 Å². The van der Waals surface area contributed by atoms with E-state index in [4.69, 9.17) is 5.73 Å². The molecular weight excluding hydrogens is 228 g/mol. The smallest absolute Gasteiger partial charge is 0.229 e. The minimum atomic E-state index is -0.0907. The molecule has 1 aromatic rings. The average Bonchev–Trinajstić information content (AvgIpc) is 2.70.